The van der Waals surface area contributed by atoms with E-state index in [0.717, 1.165) is 16.5 Å². The molecule has 0 spiro atoms. The molecule has 1 aromatic rings. The lowest BCUT2D eigenvalue weighted by molar-refractivity contribution is -0.127. The molecule has 0 bridgehead atoms. The molecule has 0 saturated heterocycles. The van der Waals surface area contributed by atoms with Crippen LogP contribution in [0.2, 0.25) is 0 Å². The molecule has 0 aromatic carbocycles. The van der Waals surface area contributed by atoms with E-state index in [2.05, 4.69) is 0 Å². The fourth-order valence-corrected chi connectivity index (χ4v) is 3.46. The third kappa shape index (κ3) is 3.00. The summed E-state index contributed by atoms with van der Waals surface area (Å²) in [4.78, 5) is 12.1. The maximum absolute atomic E-state index is 12.1. The van der Waals surface area contributed by atoms with Crippen molar-refractivity contribution in [2.24, 2.45) is 5.92 Å². The predicted octanol–water partition coefficient (Wildman–Crippen LogP) is 1.97. The Labute approximate surface area is 113 Å². The second kappa shape index (κ2) is 5.36. The molecule has 2 atom stereocenters. The van der Waals surface area contributed by atoms with Gasteiger partial charge in [0.15, 0.2) is 0 Å². The van der Waals surface area contributed by atoms with Crippen LogP contribution in [0.4, 0.5) is 0 Å². The summed E-state index contributed by atoms with van der Waals surface area (Å²) in [5.41, 5.74) is 0. The molecule has 1 heterocycles. The van der Waals surface area contributed by atoms with Gasteiger partial charge in [0.25, 0.3) is 0 Å². The van der Waals surface area contributed by atoms with Crippen molar-refractivity contribution < 1.29 is 17.6 Å². The van der Waals surface area contributed by atoms with E-state index in [4.69, 9.17) is 4.42 Å². The van der Waals surface area contributed by atoms with Gasteiger partial charge in [-0.05, 0) is 25.0 Å². The van der Waals surface area contributed by atoms with Gasteiger partial charge >= 0.3 is 0 Å². The first-order chi connectivity index (χ1) is 8.97. The Kier molecular flexibility index (Phi) is 3.99. The zero-order valence-electron chi connectivity index (χ0n) is 11.2. The van der Waals surface area contributed by atoms with Crippen LogP contribution in [0.25, 0.3) is 0 Å². The van der Waals surface area contributed by atoms with E-state index in [1.54, 1.807) is 12.3 Å². The molecule has 0 aliphatic heterocycles. The van der Waals surface area contributed by atoms with Gasteiger partial charge in [-0.2, -0.15) is 0 Å². The molecule has 6 heteroatoms. The Bertz CT molecular complexity index is 535. The zero-order valence-corrected chi connectivity index (χ0v) is 12.0. The highest BCUT2D eigenvalue weighted by atomic mass is 32.2. The average molecular weight is 285 g/mol. The second-order valence-electron chi connectivity index (χ2n) is 4.94. The number of furan rings is 1. The Morgan fingerprint density at radius 1 is 1.53 bits per heavy atom. The molecule has 1 aliphatic carbocycles. The van der Waals surface area contributed by atoms with Crippen LogP contribution >= 0.6 is 0 Å². The van der Waals surface area contributed by atoms with Crippen LogP contribution in [0.5, 0.6) is 0 Å². The summed E-state index contributed by atoms with van der Waals surface area (Å²) in [6.45, 7) is 1.92. The summed E-state index contributed by atoms with van der Waals surface area (Å²) in [5, 5.41) is 0. The normalized spacial score (nSPS) is 22.2. The van der Waals surface area contributed by atoms with Crippen molar-refractivity contribution >= 4 is 15.9 Å². The fourth-order valence-electron chi connectivity index (χ4n) is 2.12. The highest BCUT2D eigenvalue weighted by Crippen LogP contribution is 2.48. The molecule has 1 fully saturated rings. The molecule has 0 unspecified atom stereocenters. The van der Waals surface area contributed by atoms with Crippen molar-refractivity contribution in [3.63, 3.8) is 0 Å². The third-order valence-corrected chi connectivity index (χ3v) is 5.32. The van der Waals surface area contributed by atoms with E-state index in [0.29, 0.717) is 12.8 Å². The van der Waals surface area contributed by atoms with Gasteiger partial charge < -0.3 is 4.42 Å². The molecule has 19 heavy (non-hydrogen) atoms. The van der Waals surface area contributed by atoms with Crippen molar-refractivity contribution in [3.05, 3.63) is 24.2 Å². The Hall–Kier alpha value is -1.30. The molecule has 5 nitrogen and oxygen atoms in total. The average Bonchev–Trinajstić information content (AvgIpc) is 3.00. The monoisotopic (exact) mass is 285 g/mol. The quantitative estimate of drug-likeness (QED) is 0.801. The summed E-state index contributed by atoms with van der Waals surface area (Å²) in [7, 11) is -2.11. The number of nitrogens with zero attached hydrogens (tertiary/aromatic N) is 1. The minimum Gasteiger partial charge on any atom is -0.469 e. The van der Waals surface area contributed by atoms with Crippen LogP contribution in [0, 0.1) is 5.92 Å². The Morgan fingerprint density at radius 3 is 2.84 bits per heavy atom. The van der Waals surface area contributed by atoms with Gasteiger partial charge in [0, 0.05) is 18.9 Å². The number of hydrogen-bond acceptors (Lipinski definition) is 4. The first-order valence-corrected chi connectivity index (χ1v) is 8.12. The van der Waals surface area contributed by atoms with Crippen molar-refractivity contribution in [2.75, 3.05) is 12.8 Å². The van der Waals surface area contributed by atoms with Crippen molar-refractivity contribution in [1.82, 2.24) is 4.31 Å². The van der Waals surface area contributed by atoms with E-state index in [1.807, 2.05) is 13.0 Å². The van der Waals surface area contributed by atoms with Crippen molar-refractivity contribution in [2.45, 2.75) is 32.1 Å². The molecule has 2 rings (SSSR count). The number of carbonyl (C=O) groups is 1. The number of amides is 1. The lowest BCUT2D eigenvalue weighted by Crippen LogP contribution is -2.36. The van der Waals surface area contributed by atoms with Gasteiger partial charge in [-0.3, -0.25) is 4.79 Å². The first-order valence-electron chi connectivity index (χ1n) is 6.51. The lowest BCUT2D eigenvalue weighted by Gasteiger charge is -2.17. The lowest BCUT2D eigenvalue weighted by atomic mass is 10.2. The molecular weight excluding hydrogens is 266 g/mol. The molecule has 1 saturated carbocycles. The van der Waals surface area contributed by atoms with Crippen LogP contribution in [-0.2, 0) is 14.8 Å². The fraction of sp³-hybridized carbons (Fsp3) is 0.615. The van der Waals surface area contributed by atoms with Gasteiger partial charge in [-0.1, -0.05) is 13.3 Å². The molecule has 106 valence electrons. The largest absolute Gasteiger partial charge is 0.469 e. The molecule has 1 aliphatic rings. The maximum Gasteiger partial charge on any atom is 0.239 e. The van der Waals surface area contributed by atoms with Gasteiger partial charge in [-0.15, -0.1) is 0 Å². The molecule has 0 radical (unpaired) electrons. The predicted molar refractivity (Wildman–Crippen MR) is 71.0 cm³/mol. The molecule has 1 aromatic heterocycles. The van der Waals surface area contributed by atoms with E-state index < -0.39 is 10.0 Å². The minimum atomic E-state index is -3.47. The van der Waals surface area contributed by atoms with Crippen LogP contribution < -0.4 is 0 Å². The second-order valence-corrected chi connectivity index (χ2v) is 7.06. The third-order valence-electron chi connectivity index (χ3n) is 3.50. The summed E-state index contributed by atoms with van der Waals surface area (Å²) >= 11 is 0. The highest BCUT2D eigenvalue weighted by molar-refractivity contribution is 7.89. The van der Waals surface area contributed by atoms with E-state index in [-0.39, 0.29) is 23.5 Å². The number of carbonyl (C=O) groups excluding carboxylic acids is 1. The Balaban J connectivity index is 1.98. The van der Waals surface area contributed by atoms with Gasteiger partial charge in [-0.25, -0.2) is 12.7 Å². The minimum absolute atomic E-state index is 0.0316. The summed E-state index contributed by atoms with van der Waals surface area (Å²) in [5.74, 6) is 0.248. The number of hydrogen-bond donors (Lipinski definition) is 0. The summed E-state index contributed by atoms with van der Waals surface area (Å²) in [6, 6.07) is 3.60. The van der Waals surface area contributed by atoms with Crippen molar-refractivity contribution in [3.8, 4) is 0 Å². The van der Waals surface area contributed by atoms with Crippen LogP contribution in [0.1, 0.15) is 37.9 Å². The SMILES string of the molecule is CCCCS(=O)(=O)N(C)C(=O)[C@H]1C[C@H]1c1ccco1. The van der Waals surface area contributed by atoms with E-state index in [9.17, 15) is 13.2 Å². The van der Waals surface area contributed by atoms with E-state index >= 15 is 0 Å². The van der Waals surface area contributed by atoms with Gasteiger partial charge in [0.2, 0.25) is 15.9 Å². The molecule has 1 amide bonds. The first kappa shape index (κ1) is 14.1. The summed E-state index contributed by atoms with van der Waals surface area (Å²) in [6.07, 6.45) is 3.60. The standard InChI is InChI=1S/C13H19NO4S/c1-3-4-8-19(16,17)14(2)13(15)11-9-10(11)12-6-5-7-18-12/h5-7,10-11H,3-4,8-9H2,1-2H3/t10-,11+/m1/s1. The molecule has 0 N–H and O–H groups in total. The molecular formula is C13H19NO4S. The van der Waals surface area contributed by atoms with E-state index in [1.165, 1.54) is 7.05 Å². The number of rotatable bonds is 6. The number of unbranched alkanes of at least 4 members (excludes halogenated alkanes) is 1. The van der Waals surface area contributed by atoms with Crippen molar-refractivity contribution in [1.29, 1.82) is 0 Å². The highest BCUT2D eigenvalue weighted by Gasteiger charge is 2.48. The van der Waals surface area contributed by atoms with Crippen LogP contribution in [0.3, 0.4) is 0 Å². The van der Waals surface area contributed by atoms with Crippen LogP contribution in [0.15, 0.2) is 22.8 Å². The maximum atomic E-state index is 12.1. The van der Waals surface area contributed by atoms with Crippen LogP contribution in [-0.4, -0.2) is 31.4 Å². The van der Waals surface area contributed by atoms with Gasteiger partial charge in [0.05, 0.1) is 12.0 Å². The number of sulfonamides is 1. The van der Waals surface area contributed by atoms with Gasteiger partial charge in [0.1, 0.15) is 5.76 Å². The smallest absolute Gasteiger partial charge is 0.239 e. The Morgan fingerprint density at radius 2 is 2.26 bits per heavy atom. The topological polar surface area (TPSA) is 67.6 Å². The zero-order chi connectivity index (χ0) is 14.0. The summed E-state index contributed by atoms with van der Waals surface area (Å²) < 4.78 is 30.0.